The van der Waals surface area contributed by atoms with E-state index < -0.39 is 0 Å². The number of aromatic nitrogens is 2. The van der Waals surface area contributed by atoms with Crippen LogP contribution in [0, 0.1) is 0 Å². The van der Waals surface area contributed by atoms with Crippen LogP contribution in [-0.4, -0.2) is 35.5 Å². The van der Waals surface area contributed by atoms with Crippen LogP contribution in [0.1, 0.15) is 31.1 Å². The molecule has 0 aromatic carbocycles. The molecule has 0 N–H and O–H groups in total. The second-order valence-electron chi connectivity index (χ2n) is 4.47. The summed E-state index contributed by atoms with van der Waals surface area (Å²) < 4.78 is 0. The Kier molecular flexibility index (Phi) is 5.27. The topological polar surface area (TPSA) is 49.3 Å². The lowest BCUT2D eigenvalue weighted by molar-refractivity contribution is 0.0988. The SMILES string of the molecule is CCN(CC)c1ncc(N(CC)C(=O)c2ccsc2)cn1. The normalized spacial score (nSPS) is 10.4. The van der Waals surface area contributed by atoms with Gasteiger partial charge in [0.2, 0.25) is 5.95 Å². The molecule has 1 amide bonds. The third-order valence-corrected chi connectivity index (χ3v) is 4.00. The fourth-order valence-electron chi connectivity index (χ4n) is 2.11. The summed E-state index contributed by atoms with van der Waals surface area (Å²) in [5, 5.41) is 3.76. The van der Waals surface area contributed by atoms with Crippen molar-refractivity contribution in [3.05, 3.63) is 34.8 Å². The van der Waals surface area contributed by atoms with Crippen molar-refractivity contribution < 1.29 is 4.79 Å². The molecule has 0 unspecified atom stereocenters. The second kappa shape index (κ2) is 7.17. The molecule has 0 fully saturated rings. The highest BCUT2D eigenvalue weighted by molar-refractivity contribution is 7.08. The van der Waals surface area contributed by atoms with Crippen LogP contribution in [-0.2, 0) is 0 Å². The summed E-state index contributed by atoms with van der Waals surface area (Å²) in [5.74, 6) is 0.681. The van der Waals surface area contributed by atoms with Crippen molar-refractivity contribution in [2.24, 2.45) is 0 Å². The molecule has 0 aliphatic carbocycles. The number of carbonyl (C=O) groups is 1. The van der Waals surface area contributed by atoms with Gasteiger partial charge in [0.1, 0.15) is 0 Å². The monoisotopic (exact) mass is 304 g/mol. The summed E-state index contributed by atoms with van der Waals surface area (Å²) in [4.78, 5) is 24.9. The first kappa shape index (κ1) is 15.4. The minimum Gasteiger partial charge on any atom is -0.341 e. The van der Waals surface area contributed by atoms with Crippen LogP contribution < -0.4 is 9.80 Å². The van der Waals surface area contributed by atoms with Gasteiger partial charge < -0.3 is 9.80 Å². The van der Waals surface area contributed by atoms with Crippen molar-refractivity contribution in [3.8, 4) is 0 Å². The van der Waals surface area contributed by atoms with Gasteiger partial charge in [0, 0.05) is 25.0 Å². The second-order valence-corrected chi connectivity index (χ2v) is 5.26. The zero-order valence-corrected chi connectivity index (χ0v) is 13.4. The molecular weight excluding hydrogens is 284 g/mol. The molecule has 112 valence electrons. The molecule has 0 spiro atoms. The van der Waals surface area contributed by atoms with Gasteiger partial charge in [0.15, 0.2) is 0 Å². The van der Waals surface area contributed by atoms with Crippen LogP contribution in [0.25, 0.3) is 0 Å². The summed E-state index contributed by atoms with van der Waals surface area (Å²) in [6.45, 7) is 8.39. The molecule has 21 heavy (non-hydrogen) atoms. The number of anilines is 2. The maximum atomic E-state index is 12.4. The molecule has 5 nitrogen and oxygen atoms in total. The number of carbonyl (C=O) groups excluding carboxylic acids is 1. The van der Waals surface area contributed by atoms with Gasteiger partial charge in [-0.15, -0.1) is 0 Å². The van der Waals surface area contributed by atoms with Crippen LogP contribution in [0.15, 0.2) is 29.2 Å². The molecule has 0 aliphatic rings. The molecule has 2 heterocycles. The Balaban J connectivity index is 2.21. The zero-order chi connectivity index (χ0) is 15.2. The van der Waals surface area contributed by atoms with E-state index in [-0.39, 0.29) is 5.91 Å². The van der Waals surface area contributed by atoms with E-state index in [9.17, 15) is 4.79 Å². The summed E-state index contributed by atoms with van der Waals surface area (Å²) in [5.41, 5.74) is 1.43. The number of thiophene rings is 1. The lowest BCUT2D eigenvalue weighted by Gasteiger charge is -2.22. The van der Waals surface area contributed by atoms with E-state index in [0.29, 0.717) is 18.1 Å². The molecule has 2 aromatic heterocycles. The van der Waals surface area contributed by atoms with Gasteiger partial charge in [-0.05, 0) is 32.2 Å². The Bertz CT molecular complexity index is 564. The summed E-state index contributed by atoms with van der Waals surface area (Å²) >= 11 is 1.52. The Labute approximate surface area is 129 Å². The van der Waals surface area contributed by atoms with Crippen LogP contribution in [0.4, 0.5) is 11.6 Å². The van der Waals surface area contributed by atoms with E-state index in [0.717, 1.165) is 18.8 Å². The lowest BCUT2D eigenvalue weighted by Crippen LogP contribution is -2.31. The van der Waals surface area contributed by atoms with Crippen molar-refractivity contribution in [1.29, 1.82) is 0 Å². The third-order valence-electron chi connectivity index (χ3n) is 3.31. The Hall–Kier alpha value is -1.95. The molecule has 0 saturated carbocycles. The van der Waals surface area contributed by atoms with Crippen molar-refractivity contribution in [3.63, 3.8) is 0 Å². The van der Waals surface area contributed by atoms with Crippen molar-refractivity contribution >= 4 is 28.9 Å². The molecule has 0 saturated heterocycles. The predicted octanol–water partition coefficient (Wildman–Crippen LogP) is 3.05. The minimum absolute atomic E-state index is 0.0158. The van der Waals surface area contributed by atoms with Crippen molar-refractivity contribution in [2.75, 3.05) is 29.4 Å². The molecule has 0 radical (unpaired) electrons. The predicted molar refractivity (Wildman–Crippen MR) is 87.3 cm³/mol. The largest absolute Gasteiger partial charge is 0.341 e. The molecule has 2 aromatic rings. The zero-order valence-electron chi connectivity index (χ0n) is 12.6. The highest BCUT2D eigenvalue weighted by Crippen LogP contribution is 2.18. The maximum Gasteiger partial charge on any atom is 0.259 e. The fraction of sp³-hybridized carbons (Fsp3) is 0.400. The average molecular weight is 304 g/mol. The standard InChI is InChI=1S/C15H20N4OS/c1-4-18(5-2)15-16-9-13(10-17-15)19(6-3)14(20)12-7-8-21-11-12/h7-11H,4-6H2,1-3H3. The Morgan fingerprint density at radius 2 is 1.81 bits per heavy atom. The first-order valence-corrected chi connectivity index (χ1v) is 8.06. The van der Waals surface area contributed by atoms with Crippen LogP contribution in [0.3, 0.4) is 0 Å². The third kappa shape index (κ3) is 3.39. The number of nitrogens with zero attached hydrogens (tertiary/aromatic N) is 4. The first-order chi connectivity index (χ1) is 10.2. The lowest BCUT2D eigenvalue weighted by atomic mass is 10.3. The van der Waals surface area contributed by atoms with Crippen molar-refractivity contribution in [1.82, 2.24) is 9.97 Å². The molecule has 2 rings (SSSR count). The summed E-state index contributed by atoms with van der Waals surface area (Å²) in [6.07, 6.45) is 3.43. The van der Waals surface area contributed by atoms with E-state index in [1.165, 1.54) is 11.3 Å². The summed E-state index contributed by atoms with van der Waals surface area (Å²) in [7, 11) is 0. The van der Waals surface area contributed by atoms with E-state index in [2.05, 4.69) is 28.7 Å². The van der Waals surface area contributed by atoms with Crippen LogP contribution >= 0.6 is 11.3 Å². The highest BCUT2D eigenvalue weighted by Gasteiger charge is 2.17. The first-order valence-electron chi connectivity index (χ1n) is 7.12. The van der Waals surface area contributed by atoms with Gasteiger partial charge in [-0.1, -0.05) is 0 Å². The number of hydrogen-bond acceptors (Lipinski definition) is 5. The number of rotatable bonds is 6. The van der Waals surface area contributed by atoms with Gasteiger partial charge in [0.25, 0.3) is 5.91 Å². The number of hydrogen-bond donors (Lipinski definition) is 0. The average Bonchev–Trinajstić information content (AvgIpc) is 3.05. The molecule has 0 atom stereocenters. The summed E-state index contributed by atoms with van der Waals surface area (Å²) in [6, 6.07) is 1.83. The van der Waals surface area contributed by atoms with E-state index in [1.807, 2.05) is 23.8 Å². The van der Waals surface area contributed by atoms with Crippen LogP contribution in [0.2, 0.25) is 0 Å². The maximum absolute atomic E-state index is 12.4. The number of amides is 1. The molecule has 0 bridgehead atoms. The van der Waals surface area contributed by atoms with E-state index in [4.69, 9.17) is 0 Å². The van der Waals surface area contributed by atoms with Gasteiger partial charge in [-0.25, -0.2) is 9.97 Å². The van der Waals surface area contributed by atoms with E-state index >= 15 is 0 Å². The van der Waals surface area contributed by atoms with Crippen LogP contribution in [0.5, 0.6) is 0 Å². The van der Waals surface area contributed by atoms with Gasteiger partial charge in [-0.3, -0.25) is 4.79 Å². The van der Waals surface area contributed by atoms with Gasteiger partial charge in [0.05, 0.1) is 23.6 Å². The van der Waals surface area contributed by atoms with E-state index in [1.54, 1.807) is 17.3 Å². The minimum atomic E-state index is -0.0158. The fourth-order valence-corrected chi connectivity index (χ4v) is 2.74. The molecule has 0 aliphatic heterocycles. The Morgan fingerprint density at radius 3 is 2.29 bits per heavy atom. The van der Waals surface area contributed by atoms with Gasteiger partial charge >= 0.3 is 0 Å². The highest BCUT2D eigenvalue weighted by atomic mass is 32.1. The molecule has 6 heteroatoms. The quantitative estimate of drug-likeness (QED) is 0.823. The van der Waals surface area contributed by atoms with Gasteiger partial charge in [-0.2, -0.15) is 11.3 Å². The Morgan fingerprint density at radius 1 is 1.14 bits per heavy atom. The molecular formula is C15H20N4OS. The van der Waals surface area contributed by atoms with Crippen molar-refractivity contribution in [2.45, 2.75) is 20.8 Å². The smallest absolute Gasteiger partial charge is 0.259 e.